The summed E-state index contributed by atoms with van der Waals surface area (Å²) in [7, 11) is 0. The molecule has 1 unspecified atom stereocenters. The first kappa shape index (κ1) is 40.8. The zero-order valence-corrected chi connectivity index (χ0v) is 35.5. The van der Waals surface area contributed by atoms with Crippen LogP contribution >= 0.6 is 0 Å². The third kappa shape index (κ3) is 7.12. The van der Waals surface area contributed by atoms with Crippen molar-refractivity contribution < 1.29 is 29.0 Å². The standard InChI is InChI=1S/C49H50N6O7/c1-5-35-36-12-7-8-13-40(36)50-44-37(35)27-54-41(44)26-39-38(46(54)58)28-61-47(59)49(39,6-2)62-43(57)19-18-42(56)53-22-20-31(21-23-53)24-30-14-16-34(17-15-30)55-45(51-52-48(55)60)33-11-9-10-32(25-33)29(3)4/h7-17,25-26,29,31H,5-6,18-24,27-28H2,1-4H3,(H,52,60). The van der Waals surface area contributed by atoms with Crippen LogP contribution < -0.4 is 5.56 Å². The van der Waals surface area contributed by atoms with Crippen LogP contribution in [0.4, 0.5) is 0 Å². The molecule has 13 heteroatoms. The second-order valence-corrected chi connectivity index (χ2v) is 17.0. The molecule has 1 amide bonds. The molecule has 0 aliphatic carbocycles. The van der Waals surface area contributed by atoms with Gasteiger partial charge in [0.25, 0.3) is 5.56 Å². The fourth-order valence-corrected chi connectivity index (χ4v) is 9.53. The Morgan fingerprint density at radius 1 is 0.935 bits per heavy atom. The molecule has 3 aromatic carbocycles. The van der Waals surface area contributed by atoms with Crippen molar-refractivity contribution in [3.63, 3.8) is 0 Å². The zero-order valence-electron chi connectivity index (χ0n) is 35.5. The number of ether oxygens (including phenoxy) is 2. The number of carbonyl (C=O) groups excluding carboxylic acids is 3. The van der Waals surface area contributed by atoms with Gasteiger partial charge in [-0.25, -0.2) is 14.3 Å². The molecule has 0 radical (unpaired) electrons. The van der Waals surface area contributed by atoms with Gasteiger partial charge in [-0.15, -0.1) is 5.10 Å². The highest BCUT2D eigenvalue weighted by Crippen LogP contribution is 2.42. The lowest BCUT2D eigenvalue weighted by Crippen LogP contribution is -2.47. The van der Waals surface area contributed by atoms with Crippen molar-refractivity contribution in [3.8, 4) is 34.5 Å². The maximum atomic E-state index is 14.1. The summed E-state index contributed by atoms with van der Waals surface area (Å²) >= 11 is 0. The number of cyclic esters (lactones) is 1. The number of hydrogen-bond donors (Lipinski definition) is 1. The summed E-state index contributed by atoms with van der Waals surface area (Å²) in [5.41, 5.74) is 6.60. The number of aromatic hydroxyl groups is 1. The highest BCUT2D eigenvalue weighted by Gasteiger charge is 2.50. The summed E-state index contributed by atoms with van der Waals surface area (Å²) in [6.07, 6.45) is 2.99. The van der Waals surface area contributed by atoms with Gasteiger partial charge in [-0.3, -0.25) is 14.4 Å². The molecule has 13 nitrogen and oxygen atoms in total. The van der Waals surface area contributed by atoms with Gasteiger partial charge in [0.2, 0.25) is 11.5 Å². The summed E-state index contributed by atoms with van der Waals surface area (Å²) in [5, 5.41) is 19.9. The molecule has 6 aromatic rings. The fraction of sp³-hybridized carbons (Fsp3) is 0.367. The second kappa shape index (κ2) is 16.3. The average Bonchev–Trinajstić information content (AvgIpc) is 3.86. The number of amides is 1. The molecule has 0 spiro atoms. The lowest BCUT2D eigenvalue weighted by atomic mass is 9.85. The number of aryl methyl sites for hydroxylation is 1. The molecule has 3 aromatic heterocycles. The SMILES string of the molecule is CCc1c2c(nc3ccccc13)-c1cc3c(c(=O)n1C2)COC(=O)C3(CC)OC(=O)CCC(=O)N1CCC(Cc2ccc(-n3c(O)nnc3-c3cccc(C(C)C)c3)cc2)CC1. The van der Waals surface area contributed by atoms with Crippen LogP contribution in [0.5, 0.6) is 6.01 Å². The molecule has 6 heterocycles. The Kier molecular flexibility index (Phi) is 10.7. The van der Waals surface area contributed by atoms with Crippen LogP contribution in [0.3, 0.4) is 0 Å². The molecule has 3 aliphatic heterocycles. The number of nitrogens with zero attached hydrogens (tertiary/aromatic N) is 6. The van der Waals surface area contributed by atoms with E-state index >= 15 is 0 Å². The van der Waals surface area contributed by atoms with Crippen molar-refractivity contribution in [1.29, 1.82) is 0 Å². The van der Waals surface area contributed by atoms with Gasteiger partial charge in [-0.05, 0) is 91.0 Å². The van der Waals surface area contributed by atoms with Crippen molar-refractivity contribution in [2.75, 3.05) is 13.1 Å². The van der Waals surface area contributed by atoms with Crippen LogP contribution in [0.25, 0.3) is 39.4 Å². The molecule has 1 N–H and O–H groups in total. The van der Waals surface area contributed by atoms with Crippen molar-refractivity contribution >= 4 is 28.7 Å². The van der Waals surface area contributed by atoms with Crippen molar-refractivity contribution in [3.05, 3.63) is 123 Å². The number of fused-ring (bicyclic) bond motifs is 5. The maximum absolute atomic E-state index is 14.1. The monoisotopic (exact) mass is 834 g/mol. The number of likely N-dealkylation sites (tertiary alicyclic amines) is 1. The predicted molar refractivity (Wildman–Crippen MR) is 233 cm³/mol. The summed E-state index contributed by atoms with van der Waals surface area (Å²) in [6.45, 7) is 9.35. The fourth-order valence-electron chi connectivity index (χ4n) is 9.53. The summed E-state index contributed by atoms with van der Waals surface area (Å²) in [4.78, 5) is 61.4. The molecule has 9 rings (SSSR count). The van der Waals surface area contributed by atoms with E-state index in [0.717, 1.165) is 64.5 Å². The number of piperidine rings is 1. The molecule has 62 heavy (non-hydrogen) atoms. The number of pyridine rings is 2. The van der Waals surface area contributed by atoms with E-state index < -0.39 is 17.5 Å². The number of hydrogen-bond acceptors (Lipinski definition) is 10. The van der Waals surface area contributed by atoms with E-state index in [1.54, 1.807) is 27.0 Å². The van der Waals surface area contributed by atoms with E-state index in [-0.39, 0.29) is 48.9 Å². The quantitative estimate of drug-likeness (QED) is 0.129. The molecule has 3 aliphatic rings. The maximum Gasteiger partial charge on any atom is 0.355 e. The molecular weight excluding hydrogens is 785 g/mol. The smallest absolute Gasteiger partial charge is 0.355 e. The molecule has 1 atom stereocenters. The van der Waals surface area contributed by atoms with E-state index in [1.165, 1.54) is 5.56 Å². The third-order valence-electron chi connectivity index (χ3n) is 13.0. The number of rotatable bonds is 11. The Balaban J connectivity index is 0.830. The van der Waals surface area contributed by atoms with E-state index in [1.807, 2.05) is 48.5 Å². The number of benzene rings is 3. The van der Waals surface area contributed by atoms with Crippen LogP contribution in [0.1, 0.15) is 99.1 Å². The van der Waals surface area contributed by atoms with Crippen LogP contribution in [0.2, 0.25) is 0 Å². The van der Waals surface area contributed by atoms with Gasteiger partial charge in [-0.2, -0.15) is 0 Å². The van der Waals surface area contributed by atoms with E-state index in [2.05, 4.69) is 55.2 Å². The van der Waals surface area contributed by atoms with Crippen molar-refractivity contribution in [2.24, 2.45) is 5.92 Å². The number of para-hydroxylation sites is 1. The minimum atomic E-state index is -1.83. The molecule has 0 bridgehead atoms. The summed E-state index contributed by atoms with van der Waals surface area (Å²) in [6, 6.07) is 25.6. The minimum Gasteiger partial charge on any atom is -0.479 e. The topological polar surface area (TPSA) is 159 Å². The highest BCUT2D eigenvalue weighted by molar-refractivity contribution is 5.90. The van der Waals surface area contributed by atoms with Gasteiger partial charge >= 0.3 is 17.9 Å². The minimum absolute atomic E-state index is 0.0486. The predicted octanol–water partition coefficient (Wildman–Crippen LogP) is 7.53. The number of esters is 2. The average molecular weight is 835 g/mol. The van der Waals surface area contributed by atoms with Gasteiger partial charge in [0.05, 0.1) is 41.1 Å². The molecule has 1 saturated heterocycles. The molecule has 0 saturated carbocycles. The summed E-state index contributed by atoms with van der Waals surface area (Å²) < 4.78 is 14.9. The molecular formula is C49H50N6O7. The van der Waals surface area contributed by atoms with Crippen LogP contribution in [-0.4, -0.2) is 65.3 Å². The Hall–Kier alpha value is -6.63. The van der Waals surface area contributed by atoms with Crippen molar-refractivity contribution in [2.45, 2.75) is 97.3 Å². The Morgan fingerprint density at radius 3 is 2.45 bits per heavy atom. The second-order valence-electron chi connectivity index (χ2n) is 17.0. The first-order chi connectivity index (χ1) is 30.0. The lowest BCUT2D eigenvalue weighted by Gasteiger charge is -2.36. The first-order valence-corrected chi connectivity index (χ1v) is 21.7. The van der Waals surface area contributed by atoms with Gasteiger partial charge in [-0.1, -0.05) is 81.3 Å². The summed E-state index contributed by atoms with van der Waals surface area (Å²) in [5.74, 6) is -0.309. The van der Waals surface area contributed by atoms with Crippen LogP contribution in [0.15, 0.2) is 83.7 Å². The molecule has 318 valence electrons. The zero-order chi connectivity index (χ0) is 43.3. The van der Waals surface area contributed by atoms with Gasteiger partial charge in [0.15, 0.2) is 5.82 Å². The Labute approximate surface area is 359 Å². The largest absolute Gasteiger partial charge is 0.479 e. The van der Waals surface area contributed by atoms with Gasteiger partial charge in [0, 0.05) is 41.6 Å². The van der Waals surface area contributed by atoms with Gasteiger partial charge in [0.1, 0.15) is 6.61 Å². The van der Waals surface area contributed by atoms with E-state index in [0.29, 0.717) is 54.2 Å². The van der Waals surface area contributed by atoms with Crippen LogP contribution in [-0.2, 0) is 55.5 Å². The van der Waals surface area contributed by atoms with E-state index in [9.17, 15) is 24.3 Å². The Morgan fingerprint density at radius 2 is 1.71 bits per heavy atom. The first-order valence-electron chi connectivity index (χ1n) is 21.7. The Bertz CT molecular complexity index is 2800. The third-order valence-corrected chi connectivity index (χ3v) is 13.0. The van der Waals surface area contributed by atoms with E-state index in [4.69, 9.17) is 14.5 Å². The van der Waals surface area contributed by atoms with Crippen molar-refractivity contribution in [1.82, 2.24) is 29.2 Å². The lowest BCUT2D eigenvalue weighted by molar-refractivity contribution is -0.189. The number of carbonyl (C=O) groups is 3. The normalized spacial score (nSPS) is 17.2. The molecule has 1 fully saturated rings. The highest BCUT2D eigenvalue weighted by atomic mass is 16.6. The number of aromatic nitrogens is 5. The van der Waals surface area contributed by atoms with Gasteiger partial charge < -0.3 is 24.0 Å². The van der Waals surface area contributed by atoms with Crippen LogP contribution in [0, 0.1) is 5.92 Å².